The second kappa shape index (κ2) is 5.34. The largest absolute Gasteiger partial charge is 0.464 e. The van der Waals surface area contributed by atoms with Gasteiger partial charge in [0.2, 0.25) is 0 Å². The number of aryl methyl sites for hydroxylation is 1. The van der Waals surface area contributed by atoms with Crippen LogP contribution in [0.4, 0.5) is 0 Å². The smallest absolute Gasteiger partial charge is 0.117 e. The quantitative estimate of drug-likeness (QED) is 0.888. The topological polar surface area (TPSA) is 25.2 Å². The summed E-state index contributed by atoms with van der Waals surface area (Å²) in [7, 11) is 0. The Labute approximate surface area is 126 Å². The van der Waals surface area contributed by atoms with Crippen LogP contribution in [0.3, 0.4) is 0 Å². The number of hydrogen-bond acceptors (Lipinski definition) is 2. The van der Waals surface area contributed by atoms with E-state index in [1.54, 1.807) is 0 Å². The molecule has 0 radical (unpaired) electrons. The molecule has 21 heavy (non-hydrogen) atoms. The summed E-state index contributed by atoms with van der Waals surface area (Å²) in [5.74, 6) is 3.74. The van der Waals surface area contributed by atoms with E-state index < -0.39 is 0 Å². The highest BCUT2D eigenvalue weighted by molar-refractivity contribution is 5.32. The Morgan fingerprint density at radius 1 is 1.19 bits per heavy atom. The monoisotopic (exact) mass is 281 g/mol. The van der Waals surface area contributed by atoms with Crippen LogP contribution < -0.4 is 5.32 Å². The molecule has 1 N–H and O–H groups in total. The Morgan fingerprint density at radius 2 is 2.05 bits per heavy atom. The Balaban J connectivity index is 1.42. The van der Waals surface area contributed by atoms with Crippen molar-refractivity contribution in [1.29, 1.82) is 0 Å². The van der Waals surface area contributed by atoms with Gasteiger partial charge in [-0.3, -0.25) is 0 Å². The van der Waals surface area contributed by atoms with Crippen molar-refractivity contribution in [3.63, 3.8) is 0 Å². The molecule has 1 heterocycles. The molecule has 1 saturated carbocycles. The highest BCUT2D eigenvalue weighted by Gasteiger charge is 2.36. The zero-order valence-corrected chi connectivity index (χ0v) is 12.6. The first-order valence-electron chi connectivity index (χ1n) is 8.21. The van der Waals surface area contributed by atoms with Crippen molar-refractivity contribution in [2.24, 2.45) is 5.92 Å². The minimum atomic E-state index is 0.475. The van der Waals surface area contributed by atoms with E-state index in [0.717, 1.165) is 18.2 Å². The van der Waals surface area contributed by atoms with E-state index >= 15 is 0 Å². The molecule has 0 amide bonds. The second-order valence-electron chi connectivity index (χ2n) is 6.65. The van der Waals surface area contributed by atoms with Crippen LogP contribution in [0, 0.1) is 5.92 Å². The van der Waals surface area contributed by atoms with Crippen molar-refractivity contribution in [2.45, 2.75) is 51.1 Å². The first-order chi connectivity index (χ1) is 10.3. The first-order valence-corrected chi connectivity index (χ1v) is 8.21. The summed E-state index contributed by atoms with van der Waals surface area (Å²) in [4.78, 5) is 0. The molecule has 2 heteroatoms. The fraction of sp³-hybridized carbons (Fsp3) is 0.474. The number of rotatable bonds is 4. The predicted octanol–water partition coefficient (Wildman–Crippen LogP) is 4.57. The number of nitrogens with one attached hydrogen (secondary N) is 1. The van der Waals surface area contributed by atoms with Crippen molar-refractivity contribution >= 4 is 0 Å². The van der Waals surface area contributed by atoms with Gasteiger partial charge in [-0.25, -0.2) is 0 Å². The number of hydrogen-bond donors (Lipinski definition) is 1. The molecule has 0 bridgehead atoms. The van der Waals surface area contributed by atoms with E-state index in [2.05, 4.69) is 48.6 Å². The minimum Gasteiger partial charge on any atom is -0.464 e. The maximum Gasteiger partial charge on any atom is 0.117 e. The molecule has 0 saturated heterocycles. The maximum atomic E-state index is 5.99. The zero-order valence-electron chi connectivity index (χ0n) is 12.6. The minimum absolute atomic E-state index is 0.475. The van der Waals surface area contributed by atoms with Gasteiger partial charge < -0.3 is 9.73 Å². The van der Waals surface area contributed by atoms with Crippen molar-refractivity contribution in [3.8, 4) is 0 Å². The van der Waals surface area contributed by atoms with Crippen molar-refractivity contribution < 1.29 is 4.42 Å². The van der Waals surface area contributed by atoms with Gasteiger partial charge in [0, 0.05) is 12.0 Å². The summed E-state index contributed by atoms with van der Waals surface area (Å²) in [6, 6.07) is 13.6. The molecule has 2 aliphatic rings. The summed E-state index contributed by atoms with van der Waals surface area (Å²) >= 11 is 0. The molecule has 0 aliphatic heterocycles. The van der Waals surface area contributed by atoms with Gasteiger partial charge in [0.05, 0.1) is 6.54 Å². The summed E-state index contributed by atoms with van der Waals surface area (Å²) < 4.78 is 5.99. The van der Waals surface area contributed by atoms with Gasteiger partial charge in [-0.2, -0.15) is 0 Å². The van der Waals surface area contributed by atoms with Crippen LogP contribution in [0.5, 0.6) is 0 Å². The third kappa shape index (κ3) is 2.65. The summed E-state index contributed by atoms with van der Waals surface area (Å²) in [6.07, 6.45) is 5.01. The fourth-order valence-electron chi connectivity index (χ4n) is 3.60. The normalized spacial score (nSPS) is 27.4. The van der Waals surface area contributed by atoms with E-state index in [-0.39, 0.29) is 0 Å². The van der Waals surface area contributed by atoms with E-state index in [0.29, 0.717) is 12.0 Å². The molecule has 1 aromatic carbocycles. The van der Waals surface area contributed by atoms with Gasteiger partial charge >= 0.3 is 0 Å². The van der Waals surface area contributed by atoms with Crippen LogP contribution in [-0.2, 0) is 13.0 Å². The molecule has 2 nitrogen and oxygen atoms in total. The van der Waals surface area contributed by atoms with Gasteiger partial charge in [0.25, 0.3) is 0 Å². The van der Waals surface area contributed by atoms with Crippen LogP contribution in [0.1, 0.15) is 60.8 Å². The van der Waals surface area contributed by atoms with Crippen LogP contribution in [0.25, 0.3) is 0 Å². The Hall–Kier alpha value is -1.54. The van der Waals surface area contributed by atoms with Crippen molar-refractivity contribution in [2.75, 3.05) is 0 Å². The lowest BCUT2D eigenvalue weighted by atomic mass is 9.88. The van der Waals surface area contributed by atoms with Gasteiger partial charge in [0.1, 0.15) is 11.5 Å². The lowest BCUT2D eigenvalue weighted by molar-refractivity contribution is 0.402. The zero-order chi connectivity index (χ0) is 14.2. The molecule has 3 atom stereocenters. The van der Waals surface area contributed by atoms with E-state index in [4.69, 9.17) is 4.42 Å². The summed E-state index contributed by atoms with van der Waals surface area (Å²) in [6.45, 7) is 3.13. The predicted molar refractivity (Wildman–Crippen MR) is 84.2 cm³/mol. The van der Waals surface area contributed by atoms with E-state index in [1.165, 1.54) is 42.6 Å². The van der Waals surface area contributed by atoms with Gasteiger partial charge in [-0.1, -0.05) is 31.2 Å². The third-order valence-corrected chi connectivity index (χ3v) is 5.05. The van der Waals surface area contributed by atoms with Gasteiger partial charge in [-0.15, -0.1) is 0 Å². The Bertz CT molecular complexity index is 630. The summed E-state index contributed by atoms with van der Waals surface area (Å²) in [5.41, 5.74) is 2.99. The average molecular weight is 281 g/mol. The maximum absolute atomic E-state index is 5.99. The SMILES string of the molecule is CC1CC1c1ccc(CNC2CCCc3ccccc32)o1. The third-order valence-electron chi connectivity index (χ3n) is 5.05. The molecule has 4 rings (SSSR count). The summed E-state index contributed by atoms with van der Waals surface area (Å²) in [5, 5.41) is 3.68. The van der Waals surface area contributed by atoms with Crippen LogP contribution >= 0.6 is 0 Å². The van der Waals surface area contributed by atoms with E-state index in [9.17, 15) is 0 Å². The van der Waals surface area contributed by atoms with Crippen LogP contribution in [0.2, 0.25) is 0 Å². The highest BCUT2D eigenvalue weighted by atomic mass is 16.3. The molecular weight excluding hydrogens is 258 g/mol. The first kappa shape index (κ1) is 13.1. The molecule has 0 spiro atoms. The molecule has 110 valence electrons. The van der Waals surface area contributed by atoms with E-state index in [1.807, 2.05) is 0 Å². The Kier molecular flexibility index (Phi) is 3.34. The van der Waals surface area contributed by atoms with Crippen molar-refractivity contribution in [3.05, 3.63) is 59.0 Å². The standard InChI is InChI=1S/C19H23NO/c1-13-11-17(13)19-10-9-15(21-19)12-20-18-8-4-6-14-5-2-3-7-16(14)18/h2-3,5,7,9-10,13,17-18,20H,4,6,8,11-12H2,1H3. The number of benzene rings is 1. The number of furan rings is 1. The average Bonchev–Trinajstić information content (AvgIpc) is 3.07. The van der Waals surface area contributed by atoms with Crippen molar-refractivity contribution in [1.82, 2.24) is 5.32 Å². The molecule has 1 aromatic heterocycles. The van der Waals surface area contributed by atoms with Gasteiger partial charge in [-0.05, 0) is 54.9 Å². The lowest BCUT2D eigenvalue weighted by Gasteiger charge is -2.26. The molecule has 2 aliphatic carbocycles. The molecular formula is C19H23NO. The lowest BCUT2D eigenvalue weighted by Crippen LogP contribution is -2.24. The molecule has 3 unspecified atom stereocenters. The molecule has 1 fully saturated rings. The highest BCUT2D eigenvalue weighted by Crippen LogP contribution is 2.47. The number of fused-ring (bicyclic) bond motifs is 1. The Morgan fingerprint density at radius 3 is 2.90 bits per heavy atom. The van der Waals surface area contributed by atoms with Crippen LogP contribution in [0.15, 0.2) is 40.8 Å². The van der Waals surface area contributed by atoms with Crippen LogP contribution in [-0.4, -0.2) is 0 Å². The van der Waals surface area contributed by atoms with Gasteiger partial charge in [0.15, 0.2) is 0 Å². The fourth-order valence-corrected chi connectivity index (χ4v) is 3.60. The molecule has 2 aromatic rings. The second-order valence-corrected chi connectivity index (χ2v) is 6.65.